The van der Waals surface area contributed by atoms with E-state index in [0.717, 1.165) is 19.2 Å². The first-order valence-corrected chi connectivity index (χ1v) is 6.82. The second-order valence-electron chi connectivity index (χ2n) is 4.98. The molecule has 2 aromatic rings. The fourth-order valence-electron chi connectivity index (χ4n) is 2.70. The van der Waals surface area contributed by atoms with Crippen molar-refractivity contribution in [3.63, 3.8) is 0 Å². The van der Waals surface area contributed by atoms with Crippen LogP contribution in [-0.4, -0.2) is 35.6 Å². The lowest BCUT2D eigenvalue weighted by Gasteiger charge is -2.39. The molecule has 0 bridgehead atoms. The Morgan fingerprint density at radius 1 is 1.57 bits per heavy atom. The van der Waals surface area contributed by atoms with Crippen LogP contribution < -0.4 is 10.2 Å². The molecule has 0 atom stereocenters. The van der Waals surface area contributed by atoms with Crippen molar-refractivity contribution in [3.05, 3.63) is 40.3 Å². The van der Waals surface area contributed by atoms with Crippen LogP contribution in [-0.2, 0) is 0 Å². The third-order valence-corrected chi connectivity index (χ3v) is 3.82. The second kappa shape index (κ2) is 5.25. The van der Waals surface area contributed by atoms with Gasteiger partial charge in [0, 0.05) is 25.8 Å². The first-order valence-electron chi connectivity index (χ1n) is 6.82. The van der Waals surface area contributed by atoms with Crippen molar-refractivity contribution in [1.82, 2.24) is 10.3 Å². The molecule has 21 heavy (non-hydrogen) atoms. The molecule has 0 radical (unpaired) electrons. The molecule has 0 aliphatic carbocycles. The summed E-state index contributed by atoms with van der Waals surface area (Å²) < 4.78 is 14.5. The van der Waals surface area contributed by atoms with Crippen LogP contribution in [0, 0.1) is 15.9 Å². The van der Waals surface area contributed by atoms with E-state index in [4.69, 9.17) is 0 Å². The predicted molar refractivity (Wildman–Crippen MR) is 78.0 cm³/mol. The number of nitrogens with zero attached hydrogens (tertiary/aromatic N) is 3. The summed E-state index contributed by atoms with van der Waals surface area (Å²) in [6.45, 7) is 4.11. The second-order valence-corrected chi connectivity index (χ2v) is 4.98. The van der Waals surface area contributed by atoms with Gasteiger partial charge in [-0.25, -0.2) is 4.39 Å². The molecule has 110 valence electrons. The van der Waals surface area contributed by atoms with Crippen molar-refractivity contribution in [3.8, 4) is 0 Å². The van der Waals surface area contributed by atoms with Gasteiger partial charge in [-0.2, -0.15) is 0 Å². The normalized spacial score (nSPS) is 15.0. The lowest BCUT2D eigenvalue weighted by Crippen LogP contribution is -2.57. The standard InChI is InChI=1S/C14H15FN4O2/c1-2-18(9-7-16-8-9)14-11(15)6-12(19(20)21)10-4-3-5-17-13(10)14/h3-6,9,16H,2,7-8H2,1H3. The molecule has 0 spiro atoms. The Balaban J connectivity index is 2.24. The monoisotopic (exact) mass is 290 g/mol. The van der Waals surface area contributed by atoms with E-state index in [2.05, 4.69) is 10.3 Å². The number of nitro groups is 1. The maximum absolute atomic E-state index is 14.5. The minimum Gasteiger partial charge on any atom is -0.362 e. The smallest absolute Gasteiger partial charge is 0.281 e. The van der Waals surface area contributed by atoms with E-state index in [-0.39, 0.29) is 11.7 Å². The van der Waals surface area contributed by atoms with Crippen molar-refractivity contribution in [2.75, 3.05) is 24.5 Å². The highest BCUT2D eigenvalue weighted by Gasteiger charge is 2.29. The largest absolute Gasteiger partial charge is 0.362 e. The number of aromatic nitrogens is 1. The zero-order valence-corrected chi connectivity index (χ0v) is 11.5. The van der Waals surface area contributed by atoms with Gasteiger partial charge in [-0.15, -0.1) is 0 Å². The minimum atomic E-state index is -0.596. The number of non-ortho nitro benzene ring substituents is 1. The van der Waals surface area contributed by atoms with Crippen molar-refractivity contribution in [2.24, 2.45) is 0 Å². The van der Waals surface area contributed by atoms with Crippen LogP contribution >= 0.6 is 0 Å². The van der Waals surface area contributed by atoms with Crippen molar-refractivity contribution >= 4 is 22.3 Å². The summed E-state index contributed by atoms with van der Waals surface area (Å²) in [5, 5.41) is 14.6. The number of halogens is 1. The van der Waals surface area contributed by atoms with Gasteiger partial charge in [0.15, 0.2) is 5.82 Å². The van der Waals surface area contributed by atoms with Gasteiger partial charge < -0.3 is 10.2 Å². The van der Waals surface area contributed by atoms with Crippen LogP contribution in [0.4, 0.5) is 15.8 Å². The van der Waals surface area contributed by atoms with Gasteiger partial charge in [0.25, 0.3) is 5.69 Å². The molecule has 0 amide bonds. The van der Waals surface area contributed by atoms with E-state index in [1.54, 1.807) is 12.1 Å². The lowest BCUT2D eigenvalue weighted by molar-refractivity contribution is -0.383. The van der Waals surface area contributed by atoms with Crippen LogP contribution in [0.2, 0.25) is 0 Å². The SMILES string of the molecule is CCN(c1c(F)cc([N+](=O)[O-])c2cccnc12)C1CNC1. The van der Waals surface area contributed by atoms with Gasteiger partial charge in [0.05, 0.1) is 22.4 Å². The maximum atomic E-state index is 14.5. The zero-order chi connectivity index (χ0) is 15.0. The van der Waals surface area contributed by atoms with Crippen molar-refractivity contribution in [2.45, 2.75) is 13.0 Å². The van der Waals surface area contributed by atoms with Crippen LogP contribution in [0.25, 0.3) is 10.9 Å². The Morgan fingerprint density at radius 2 is 2.33 bits per heavy atom. The highest BCUT2D eigenvalue weighted by molar-refractivity contribution is 5.97. The van der Waals surface area contributed by atoms with Gasteiger partial charge >= 0.3 is 0 Å². The Kier molecular flexibility index (Phi) is 3.42. The Hall–Kier alpha value is -2.28. The molecule has 1 N–H and O–H groups in total. The van der Waals surface area contributed by atoms with Gasteiger partial charge in [-0.1, -0.05) is 0 Å². The molecule has 1 saturated heterocycles. The summed E-state index contributed by atoms with van der Waals surface area (Å²) in [5.41, 5.74) is 0.449. The highest BCUT2D eigenvalue weighted by atomic mass is 19.1. The number of hydrogen-bond donors (Lipinski definition) is 1. The summed E-state index contributed by atoms with van der Waals surface area (Å²) in [6.07, 6.45) is 1.53. The number of fused-ring (bicyclic) bond motifs is 1. The molecule has 1 aliphatic heterocycles. The van der Waals surface area contributed by atoms with Crippen molar-refractivity contribution in [1.29, 1.82) is 0 Å². The van der Waals surface area contributed by atoms with E-state index in [1.165, 1.54) is 6.20 Å². The Labute approximate surface area is 120 Å². The number of rotatable bonds is 4. The van der Waals surface area contributed by atoms with E-state index >= 15 is 0 Å². The number of nitrogens with one attached hydrogen (secondary N) is 1. The molecule has 7 heteroatoms. The van der Waals surface area contributed by atoms with Gasteiger partial charge in [-0.3, -0.25) is 15.1 Å². The third kappa shape index (κ3) is 2.19. The molecule has 6 nitrogen and oxygen atoms in total. The molecule has 0 unspecified atom stereocenters. The van der Waals surface area contributed by atoms with E-state index in [0.29, 0.717) is 23.1 Å². The van der Waals surface area contributed by atoms with E-state index < -0.39 is 10.7 Å². The Morgan fingerprint density at radius 3 is 2.90 bits per heavy atom. The summed E-state index contributed by atoms with van der Waals surface area (Å²) in [6, 6.07) is 4.42. The summed E-state index contributed by atoms with van der Waals surface area (Å²) in [5.74, 6) is -0.596. The number of hydrogen-bond acceptors (Lipinski definition) is 5. The van der Waals surface area contributed by atoms with Gasteiger partial charge in [-0.05, 0) is 19.1 Å². The van der Waals surface area contributed by atoms with Crippen LogP contribution in [0.3, 0.4) is 0 Å². The zero-order valence-electron chi connectivity index (χ0n) is 11.5. The molecular weight excluding hydrogens is 275 g/mol. The van der Waals surface area contributed by atoms with E-state index in [9.17, 15) is 14.5 Å². The Bertz CT molecular complexity index is 703. The number of anilines is 1. The molecular formula is C14H15FN4O2. The predicted octanol–water partition coefficient (Wildman–Crippen LogP) is 2.08. The van der Waals surface area contributed by atoms with Crippen molar-refractivity contribution < 1.29 is 9.31 Å². The summed E-state index contributed by atoms with van der Waals surface area (Å²) in [7, 11) is 0. The number of nitro benzene ring substituents is 1. The van der Waals surface area contributed by atoms with Crippen LogP contribution in [0.15, 0.2) is 24.4 Å². The first kappa shape index (κ1) is 13.7. The molecule has 2 heterocycles. The molecule has 1 aromatic carbocycles. The summed E-state index contributed by atoms with van der Waals surface area (Å²) in [4.78, 5) is 16.6. The number of benzene rings is 1. The van der Waals surface area contributed by atoms with Gasteiger partial charge in [0.2, 0.25) is 0 Å². The topological polar surface area (TPSA) is 71.3 Å². The fourth-order valence-corrected chi connectivity index (χ4v) is 2.70. The van der Waals surface area contributed by atoms with Crippen LogP contribution in [0.1, 0.15) is 6.92 Å². The number of likely N-dealkylation sites (N-methyl/N-ethyl adjacent to an activating group) is 1. The average molecular weight is 290 g/mol. The summed E-state index contributed by atoms with van der Waals surface area (Å²) >= 11 is 0. The quantitative estimate of drug-likeness (QED) is 0.689. The first-order chi connectivity index (χ1) is 10.1. The maximum Gasteiger partial charge on any atom is 0.281 e. The molecule has 3 rings (SSSR count). The molecule has 1 aromatic heterocycles. The fraction of sp³-hybridized carbons (Fsp3) is 0.357. The van der Waals surface area contributed by atoms with E-state index in [1.807, 2.05) is 11.8 Å². The highest BCUT2D eigenvalue weighted by Crippen LogP contribution is 2.36. The molecule has 1 fully saturated rings. The third-order valence-electron chi connectivity index (χ3n) is 3.82. The minimum absolute atomic E-state index is 0.191. The molecule has 0 saturated carbocycles. The van der Waals surface area contributed by atoms with Gasteiger partial charge in [0.1, 0.15) is 11.2 Å². The average Bonchev–Trinajstić information content (AvgIpc) is 2.42. The lowest BCUT2D eigenvalue weighted by atomic mass is 10.1. The number of pyridine rings is 1. The van der Waals surface area contributed by atoms with Crippen LogP contribution in [0.5, 0.6) is 0 Å². The molecule has 1 aliphatic rings.